The minimum absolute atomic E-state index is 0.0424. The highest BCUT2D eigenvalue weighted by molar-refractivity contribution is 8.00. The van der Waals surface area contributed by atoms with E-state index in [1.807, 2.05) is 28.6 Å². The molecule has 4 rings (SSSR count). The number of nitroso groups, excluding NO2 is 1. The van der Waals surface area contributed by atoms with Gasteiger partial charge in [0.25, 0.3) is 0 Å². The van der Waals surface area contributed by atoms with Gasteiger partial charge in [-0.15, -0.1) is 11.8 Å². The first-order valence-corrected chi connectivity index (χ1v) is 12.1. The Labute approximate surface area is 186 Å². The van der Waals surface area contributed by atoms with Crippen LogP contribution < -0.4 is 10.6 Å². The number of rotatable bonds is 7. The van der Waals surface area contributed by atoms with E-state index in [-0.39, 0.29) is 29.8 Å². The smallest absolute Gasteiger partial charge is 0.235 e. The molecule has 2 fully saturated rings. The lowest BCUT2D eigenvalue weighted by molar-refractivity contribution is -0.134. The van der Waals surface area contributed by atoms with Crippen LogP contribution >= 0.6 is 11.8 Å². The number of carbonyl (C=O) groups excluding carboxylic acids is 1. The molecular weight excluding hydrogens is 414 g/mol. The van der Waals surface area contributed by atoms with Crippen LogP contribution in [-0.4, -0.2) is 68.6 Å². The van der Waals surface area contributed by atoms with Crippen LogP contribution in [0, 0.1) is 11.8 Å². The molecule has 2 aliphatic rings. The van der Waals surface area contributed by atoms with E-state index in [2.05, 4.69) is 17.0 Å². The van der Waals surface area contributed by atoms with E-state index in [0.717, 1.165) is 68.0 Å². The van der Waals surface area contributed by atoms with Gasteiger partial charge in [0.15, 0.2) is 5.65 Å². The lowest BCUT2D eigenvalue weighted by Crippen LogP contribution is -2.42. The standard InChI is InChI=1S/C21H31N7O2S/c1-14-12-28-19(24-20(14)26-9-6-16(22)13-26)11-17(25-28)18-5-3-4-8-27(18)21(29)15(2)31-10-7-23-30/h11-12,15-16,18H,3-10,13,22H2,1-2H3/t15?,16-,18-/m0/s1. The number of likely N-dealkylation sites (tertiary alicyclic amines) is 1. The zero-order chi connectivity index (χ0) is 22.0. The molecule has 9 nitrogen and oxygen atoms in total. The molecule has 0 bridgehead atoms. The Morgan fingerprint density at radius 2 is 2.19 bits per heavy atom. The maximum atomic E-state index is 13.1. The van der Waals surface area contributed by atoms with Crippen LogP contribution in [0.4, 0.5) is 5.82 Å². The molecule has 2 aliphatic heterocycles. The van der Waals surface area contributed by atoms with Crippen molar-refractivity contribution in [1.29, 1.82) is 0 Å². The minimum Gasteiger partial charge on any atom is -0.355 e. The monoisotopic (exact) mass is 445 g/mol. The number of anilines is 1. The molecule has 0 radical (unpaired) electrons. The maximum absolute atomic E-state index is 13.1. The quantitative estimate of drug-likeness (QED) is 0.515. The Hall–Kier alpha value is -2.20. The predicted octanol–water partition coefficient (Wildman–Crippen LogP) is 2.52. The normalized spacial score (nSPS) is 22.8. The number of carbonyl (C=O) groups is 1. The molecule has 10 heteroatoms. The average Bonchev–Trinajstić information content (AvgIpc) is 3.38. The van der Waals surface area contributed by atoms with Crippen molar-refractivity contribution >= 4 is 29.1 Å². The number of aromatic nitrogens is 3. The largest absolute Gasteiger partial charge is 0.355 e. The fourth-order valence-corrected chi connectivity index (χ4v) is 5.37. The number of hydrogen-bond donors (Lipinski definition) is 1. The number of piperidine rings is 1. The third-order valence-electron chi connectivity index (χ3n) is 6.17. The molecule has 168 valence electrons. The maximum Gasteiger partial charge on any atom is 0.235 e. The summed E-state index contributed by atoms with van der Waals surface area (Å²) in [5.41, 5.74) is 8.85. The van der Waals surface area contributed by atoms with Gasteiger partial charge in [0.05, 0.1) is 23.5 Å². The molecule has 2 aromatic rings. The summed E-state index contributed by atoms with van der Waals surface area (Å²) in [7, 11) is 0. The first kappa shape index (κ1) is 22.0. The zero-order valence-electron chi connectivity index (χ0n) is 18.2. The highest BCUT2D eigenvalue weighted by Crippen LogP contribution is 2.33. The summed E-state index contributed by atoms with van der Waals surface area (Å²) in [6, 6.07) is 2.17. The Balaban J connectivity index is 1.57. The summed E-state index contributed by atoms with van der Waals surface area (Å²) in [6.45, 7) is 6.67. The molecular formula is C21H31N7O2S. The summed E-state index contributed by atoms with van der Waals surface area (Å²) in [5, 5.41) is 7.49. The Morgan fingerprint density at radius 3 is 2.94 bits per heavy atom. The van der Waals surface area contributed by atoms with E-state index < -0.39 is 0 Å². The zero-order valence-corrected chi connectivity index (χ0v) is 19.1. The number of amides is 1. The lowest BCUT2D eigenvalue weighted by atomic mass is 9.99. The first-order valence-electron chi connectivity index (χ1n) is 11.1. The highest BCUT2D eigenvalue weighted by Gasteiger charge is 2.32. The van der Waals surface area contributed by atoms with Crippen LogP contribution in [-0.2, 0) is 4.79 Å². The molecule has 0 aromatic carbocycles. The van der Waals surface area contributed by atoms with E-state index >= 15 is 0 Å². The molecule has 1 unspecified atom stereocenters. The van der Waals surface area contributed by atoms with E-state index in [1.165, 1.54) is 11.8 Å². The number of hydrogen-bond acceptors (Lipinski definition) is 8. The van der Waals surface area contributed by atoms with Gasteiger partial charge in [0.2, 0.25) is 5.91 Å². The molecule has 3 atom stereocenters. The van der Waals surface area contributed by atoms with Gasteiger partial charge < -0.3 is 15.5 Å². The van der Waals surface area contributed by atoms with Gasteiger partial charge in [-0.05, 0) is 39.5 Å². The molecule has 0 spiro atoms. The summed E-state index contributed by atoms with van der Waals surface area (Å²) in [5.74, 6) is 1.64. The molecule has 31 heavy (non-hydrogen) atoms. The second kappa shape index (κ2) is 9.52. The van der Waals surface area contributed by atoms with Gasteiger partial charge in [0.1, 0.15) is 5.82 Å². The number of nitrogens with two attached hydrogens (primary N) is 1. The van der Waals surface area contributed by atoms with Crippen molar-refractivity contribution in [2.45, 2.75) is 56.9 Å². The average molecular weight is 446 g/mol. The second-order valence-electron chi connectivity index (χ2n) is 8.52. The number of nitrogens with zero attached hydrogens (tertiary/aromatic N) is 6. The molecule has 4 heterocycles. The van der Waals surface area contributed by atoms with Crippen molar-refractivity contribution in [1.82, 2.24) is 19.5 Å². The predicted molar refractivity (Wildman–Crippen MR) is 123 cm³/mol. The van der Waals surface area contributed by atoms with Crippen molar-refractivity contribution in [3.05, 3.63) is 28.4 Å². The van der Waals surface area contributed by atoms with Gasteiger partial charge in [0, 0.05) is 49.3 Å². The van der Waals surface area contributed by atoms with Gasteiger partial charge in [-0.1, -0.05) is 5.18 Å². The summed E-state index contributed by atoms with van der Waals surface area (Å²) in [6.07, 6.45) is 5.97. The van der Waals surface area contributed by atoms with E-state index in [0.29, 0.717) is 5.75 Å². The third kappa shape index (κ3) is 4.69. The molecule has 0 aliphatic carbocycles. The Kier molecular flexibility index (Phi) is 6.76. The first-order chi connectivity index (χ1) is 15.0. The third-order valence-corrected chi connectivity index (χ3v) is 7.29. The summed E-state index contributed by atoms with van der Waals surface area (Å²) in [4.78, 5) is 32.6. The Morgan fingerprint density at radius 1 is 1.35 bits per heavy atom. The summed E-state index contributed by atoms with van der Waals surface area (Å²) >= 11 is 1.48. The van der Waals surface area contributed by atoms with Crippen LogP contribution in [0.1, 0.15) is 49.9 Å². The Bertz CT molecular complexity index is 949. The fraction of sp³-hybridized carbons (Fsp3) is 0.667. The van der Waals surface area contributed by atoms with Crippen LogP contribution in [0.15, 0.2) is 17.4 Å². The molecule has 0 saturated carbocycles. The van der Waals surface area contributed by atoms with Gasteiger partial charge in [-0.2, -0.15) is 10.0 Å². The SMILES string of the molecule is Cc1cn2nc([C@@H]3CCCCN3C(=O)C(C)SCCN=O)cc2nc1N1CC[C@H](N)C1. The van der Waals surface area contributed by atoms with Crippen molar-refractivity contribution in [3.63, 3.8) is 0 Å². The van der Waals surface area contributed by atoms with Gasteiger partial charge in [-0.25, -0.2) is 9.50 Å². The van der Waals surface area contributed by atoms with Crippen LogP contribution in [0.5, 0.6) is 0 Å². The van der Waals surface area contributed by atoms with Crippen LogP contribution in [0.25, 0.3) is 5.65 Å². The molecule has 2 aromatic heterocycles. The lowest BCUT2D eigenvalue weighted by Gasteiger charge is -2.36. The van der Waals surface area contributed by atoms with E-state index in [9.17, 15) is 9.70 Å². The van der Waals surface area contributed by atoms with E-state index in [1.54, 1.807) is 0 Å². The number of aryl methyl sites for hydroxylation is 1. The fourth-order valence-electron chi connectivity index (χ4n) is 4.56. The number of fused-ring (bicyclic) bond motifs is 1. The van der Waals surface area contributed by atoms with Crippen LogP contribution in [0.3, 0.4) is 0 Å². The van der Waals surface area contributed by atoms with Crippen molar-refractivity contribution in [3.8, 4) is 0 Å². The number of thioether (sulfide) groups is 1. The minimum atomic E-state index is -0.203. The van der Waals surface area contributed by atoms with E-state index in [4.69, 9.17) is 15.8 Å². The second-order valence-corrected chi connectivity index (χ2v) is 9.97. The topological polar surface area (TPSA) is 109 Å². The van der Waals surface area contributed by atoms with Crippen molar-refractivity contribution in [2.75, 3.05) is 36.8 Å². The highest BCUT2D eigenvalue weighted by atomic mass is 32.2. The van der Waals surface area contributed by atoms with Gasteiger partial charge >= 0.3 is 0 Å². The van der Waals surface area contributed by atoms with Crippen molar-refractivity contribution < 1.29 is 4.79 Å². The van der Waals surface area contributed by atoms with Gasteiger partial charge in [-0.3, -0.25) is 4.79 Å². The molecule has 1 amide bonds. The van der Waals surface area contributed by atoms with Crippen LogP contribution in [0.2, 0.25) is 0 Å². The molecule has 2 N–H and O–H groups in total. The van der Waals surface area contributed by atoms with Crippen molar-refractivity contribution in [2.24, 2.45) is 10.9 Å². The molecule has 2 saturated heterocycles. The summed E-state index contributed by atoms with van der Waals surface area (Å²) < 4.78 is 1.83.